The summed E-state index contributed by atoms with van der Waals surface area (Å²) in [6, 6.07) is 0.578. The zero-order valence-corrected chi connectivity index (χ0v) is 15.6. The molecule has 2 atom stereocenters. The minimum atomic E-state index is -4.80. The Balaban J connectivity index is 2.13. The van der Waals surface area contributed by atoms with Crippen LogP contribution in [0.4, 0.5) is 18.9 Å². The highest BCUT2D eigenvalue weighted by Crippen LogP contribution is 2.37. The van der Waals surface area contributed by atoms with Crippen LogP contribution in [0.15, 0.2) is 11.0 Å². The number of ether oxygens (including phenoxy) is 1. The predicted octanol–water partition coefficient (Wildman–Crippen LogP) is 2.37. The van der Waals surface area contributed by atoms with Crippen molar-refractivity contribution >= 4 is 13.8 Å². The summed E-state index contributed by atoms with van der Waals surface area (Å²) in [5, 5.41) is 15.4. The molecule has 0 aromatic carbocycles. The van der Waals surface area contributed by atoms with E-state index in [1.54, 1.807) is 0 Å². The largest absolute Gasteiger partial charge is 0.423 e. The van der Waals surface area contributed by atoms with Gasteiger partial charge >= 0.3 is 6.18 Å². The molecule has 0 radical (unpaired) electrons. The molecule has 1 aliphatic carbocycles. The molecule has 25 heavy (non-hydrogen) atoms. The maximum Gasteiger partial charge on any atom is 0.423 e. The quantitative estimate of drug-likeness (QED) is 0.536. The lowest BCUT2D eigenvalue weighted by Crippen LogP contribution is -2.33. The van der Waals surface area contributed by atoms with Crippen LogP contribution < -0.4 is 10.9 Å². The molecule has 1 aromatic heterocycles. The summed E-state index contributed by atoms with van der Waals surface area (Å²) >= 11 is 0. The Morgan fingerprint density at radius 1 is 1.44 bits per heavy atom. The first-order chi connectivity index (χ1) is 11.5. The van der Waals surface area contributed by atoms with E-state index in [1.807, 2.05) is 0 Å². The number of anilines is 1. The van der Waals surface area contributed by atoms with Gasteiger partial charge in [0.05, 0.1) is 11.9 Å². The van der Waals surface area contributed by atoms with E-state index in [1.165, 1.54) is 0 Å². The van der Waals surface area contributed by atoms with Crippen molar-refractivity contribution in [2.24, 2.45) is 5.92 Å². The third-order valence-electron chi connectivity index (χ3n) is 4.04. The maximum atomic E-state index is 13.3. The zero-order valence-electron chi connectivity index (χ0n) is 14.6. The van der Waals surface area contributed by atoms with Gasteiger partial charge in [-0.15, -0.1) is 0 Å². The number of alkyl halides is 3. The number of hydrogen-bond donors (Lipinski definition) is 2. The molecule has 1 fully saturated rings. The van der Waals surface area contributed by atoms with Crippen LogP contribution in [0.5, 0.6) is 0 Å². The van der Waals surface area contributed by atoms with Gasteiger partial charge in [0, 0.05) is 33.2 Å². The van der Waals surface area contributed by atoms with Crippen molar-refractivity contribution < 1.29 is 23.0 Å². The van der Waals surface area contributed by atoms with Crippen LogP contribution in [0, 0.1) is 5.92 Å². The van der Waals surface area contributed by atoms with Crippen molar-refractivity contribution in [3.8, 4) is 0 Å². The number of nitrogens with zero attached hydrogens (tertiary/aromatic N) is 2. The third kappa shape index (κ3) is 5.55. The van der Waals surface area contributed by atoms with Gasteiger partial charge < -0.3 is 15.2 Å². The molecule has 1 aromatic rings. The third-order valence-corrected chi connectivity index (χ3v) is 5.74. The second-order valence-electron chi connectivity index (χ2n) is 7.51. The summed E-state index contributed by atoms with van der Waals surface area (Å²) < 4.78 is 46.0. The molecule has 2 N–H and O–H groups in total. The Morgan fingerprint density at radius 3 is 2.64 bits per heavy atom. The van der Waals surface area contributed by atoms with Gasteiger partial charge in [-0.3, -0.25) is 4.79 Å². The van der Waals surface area contributed by atoms with E-state index >= 15 is 0 Å². The van der Waals surface area contributed by atoms with E-state index in [0.717, 1.165) is 12.2 Å². The number of hydrogen-bond acceptors (Lipinski definition) is 5. The number of halogens is 3. The normalized spacial score (nSPS) is 20.6. The van der Waals surface area contributed by atoms with Gasteiger partial charge in [0.15, 0.2) is 0 Å². The number of aromatic nitrogens is 2. The zero-order chi connectivity index (χ0) is 18.8. The van der Waals surface area contributed by atoms with Crippen LogP contribution in [-0.4, -0.2) is 42.2 Å². The molecule has 0 saturated heterocycles. The lowest BCUT2D eigenvalue weighted by Gasteiger charge is -2.17. The smallest absolute Gasteiger partial charge is 0.396 e. The van der Waals surface area contributed by atoms with Crippen LogP contribution in [-0.2, 0) is 17.6 Å². The number of aliphatic hydroxyl groups is 1. The van der Waals surface area contributed by atoms with E-state index in [9.17, 15) is 18.0 Å². The summed E-state index contributed by atoms with van der Waals surface area (Å²) in [6.07, 6.45) is -3.23. The van der Waals surface area contributed by atoms with Crippen molar-refractivity contribution in [3.63, 3.8) is 0 Å². The fourth-order valence-electron chi connectivity index (χ4n) is 2.32. The topological polar surface area (TPSA) is 76.4 Å². The molecule has 10 heteroatoms. The van der Waals surface area contributed by atoms with Gasteiger partial charge in [0.25, 0.3) is 5.56 Å². The van der Waals surface area contributed by atoms with Gasteiger partial charge in [-0.25, -0.2) is 4.68 Å². The van der Waals surface area contributed by atoms with Crippen LogP contribution in [0.3, 0.4) is 0 Å². The highest BCUT2D eigenvalue weighted by molar-refractivity contribution is 6.76. The van der Waals surface area contributed by atoms with E-state index in [4.69, 9.17) is 9.84 Å². The lowest BCUT2D eigenvalue weighted by atomic mass is 10.2. The highest BCUT2D eigenvalue weighted by Gasteiger charge is 2.42. The number of rotatable bonds is 8. The second-order valence-corrected chi connectivity index (χ2v) is 13.1. The minimum Gasteiger partial charge on any atom is -0.396 e. The molecule has 1 aliphatic rings. The Bertz CT molecular complexity index is 658. The van der Waals surface area contributed by atoms with Crippen LogP contribution in [0.25, 0.3) is 0 Å². The molecular weight excluding hydrogens is 355 g/mol. The van der Waals surface area contributed by atoms with Gasteiger partial charge in [0.2, 0.25) is 0 Å². The van der Waals surface area contributed by atoms with Gasteiger partial charge in [-0.05, 0) is 12.5 Å². The molecule has 0 spiro atoms. The van der Waals surface area contributed by atoms with Crippen molar-refractivity contribution in [2.75, 3.05) is 18.5 Å². The predicted molar refractivity (Wildman–Crippen MR) is 90.2 cm³/mol. The molecule has 1 saturated carbocycles. The minimum absolute atomic E-state index is 0.0894. The molecule has 1 heterocycles. The van der Waals surface area contributed by atoms with E-state index in [-0.39, 0.29) is 31.0 Å². The highest BCUT2D eigenvalue weighted by atomic mass is 28.3. The number of aliphatic hydroxyl groups excluding tert-OH is 1. The summed E-state index contributed by atoms with van der Waals surface area (Å²) in [7, 11) is -1.32. The summed E-state index contributed by atoms with van der Waals surface area (Å²) in [5.41, 5.74) is -2.86. The molecule has 0 bridgehead atoms. The Labute approximate surface area is 145 Å². The van der Waals surface area contributed by atoms with Crippen LogP contribution in [0.2, 0.25) is 25.7 Å². The Morgan fingerprint density at radius 2 is 2.12 bits per heavy atom. The Hall–Kier alpha value is -1.39. The average molecular weight is 379 g/mol. The van der Waals surface area contributed by atoms with Crippen molar-refractivity contribution in [3.05, 3.63) is 22.1 Å². The second kappa shape index (κ2) is 7.46. The molecular formula is C15H24F3N3O3Si. The first-order valence-corrected chi connectivity index (χ1v) is 11.9. The van der Waals surface area contributed by atoms with E-state index in [0.29, 0.717) is 17.7 Å². The summed E-state index contributed by atoms with van der Waals surface area (Å²) in [4.78, 5) is 12.2. The van der Waals surface area contributed by atoms with Crippen LogP contribution in [0.1, 0.15) is 12.0 Å². The SMILES string of the molecule is C[Si](C)(C)CCOCn1ncc(NC2C[C@H]2CO)c(C(F)(F)F)c1=O. The first kappa shape index (κ1) is 19.9. The molecule has 2 rings (SSSR count). The average Bonchev–Trinajstić information content (AvgIpc) is 3.21. The Kier molecular flexibility index (Phi) is 5.95. The van der Waals surface area contributed by atoms with E-state index in [2.05, 4.69) is 30.1 Å². The maximum absolute atomic E-state index is 13.3. The standard InChI is InChI=1S/C15H24F3N3O3Si/c1-25(2,3)5-4-24-9-21-14(23)13(15(16,17)18)12(7-19-21)20-11-6-10(11)8-22/h7,10-11,20,22H,4-6,8-9H2,1-3H3/t10-,11?/m0/s1. The lowest BCUT2D eigenvalue weighted by molar-refractivity contribution is -0.138. The molecule has 1 unspecified atom stereocenters. The van der Waals surface area contributed by atoms with Crippen molar-refractivity contribution in [1.82, 2.24) is 9.78 Å². The fourth-order valence-corrected chi connectivity index (χ4v) is 3.08. The monoisotopic (exact) mass is 379 g/mol. The first-order valence-electron chi connectivity index (χ1n) is 8.15. The fraction of sp³-hybridized carbons (Fsp3) is 0.733. The molecule has 6 nitrogen and oxygen atoms in total. The van der Waals surface area contributed by atoms with Gasteiger partial charge in [-0.2, -0.15) is 18.3 Å². The molecule has 0 amide bonds. The van der Waals surface area contributed by atoms with Gasteiger partial charge in [-0.1, -0.05) is 19.6 Å². The van der Waals surface area contributed by atoms with Crippen molar-refractivity contribution in [1.29, 1.82) is 0 Å². The summed E-state index contributed by atoms with van der Waals surface area (Å²) in [6.45, 7) is 6.43. The van der Waals surface area contributed by atoms with Gasteiger partial charge in [0.1, 0.15) is 12.3 Å². The van der Waals surface area contributed by atoms with Crippen molar-refractivity contribution in [2.45, 2.75) is 51.1 Å². The van der Waals surface area contributed by atoms with Crippen LogP contribution >= 0.6 is 0 Å². The number of nitrogens with one attached hydrogen (secondary N) is 1. The summed E-state index contributed by atoms with van der Waals surface area (Å²) in [5.74, 6) is -0.0894. The van der Waals surface area contributed by atoms with E-state index < -0.39 is 25.4 Å². The molecule has 142 valence electrons. The molecule has 0 aliphatic heterocycles.